The van der Waals surface area contributed by atoms with Crippen LogP contribution in [0.15, 0.2) is 36.4 Å². The number of thiophene rings is 1. The Labute approximate surface area is 104 Å². The van der Waals surface area contributed by atoms with Crippen molar-refractivity contribution in [3.63, 3.8) is 0 Å². The van der Waals surface area contributed by atoms with Crippen LogP contribution < -0.4 is 5.73 Å². The maximum atomic E-state index is 10.8. The molecule has 88 valence electrons. The summed E-state index contributed by atoms with van der Waals surface area (Å²) in [6.45, 7) is 0. The molecular weight excluding hydrogens is 234 g/mol. The summed E-state index contributed by atoms with van der Waals surface area (Å²) < 4.78 is 0. The third-order valence-electron chi connectivity index (χ3n) is 2.55. The van der Waals surface area contributed by atoms with Crippen molar-refractivity contribution < 1.29 is 9.90 Å². The highest BCUT2D eigenvalue weighted by Crippen LogP contribution is 2.26. The highest BCUT2D eigenvalue weighted by Gasteiger charge is 2.12. The van der Waals surface area contributed by atoms with Crippen LogP contribution >= 0.6 is 11.3 Å². The fourth-order valence-electron chi connectivity index (χ4n) is 1.66. The molecule has 3 nitrogen and oxygen atoms in total. The summed E-state index contributed by atoms with van der Waals surface area (Å²) in [6.07, 6.45) is 1.73. The fraction of sp³-hybridized carbons (Fsp3) is 0.154. The molecule has 0 bridgehead atoms. The summed E-state index contributed by atoms with van der Waals surface area (Å²) in [7, 11) is 0. The van der Waals surface area contributed by atoms with Gasteiger partial charge in [-0.05, 0) is 24.5 Å². The summed E-state index contributed by atoms with van der Waals surface area (Å²) in [5, 5.41) is 9.28. The molecule has 1 aromatic carbocycles. The average Bonchev–Trinajstić information content (AvgIpc) is 2.69. The van der Waals surface area contributed by atoms with Gasteiger partial charge in [-0.2, -0.15) is 0 Å². The molecule has 0 radical (unpaired) electrons. The van der Waals surface area contributed by atoms with E-state index in [1.165, 1.54) is 16.9 Å². The molecule has 2 aromatic rings. The third kappa shape index (κ3) is 2.85. The largest absolute Gasteiger partial charge is 0.478 e. The average molecular weight is 247 g/mol. The first kappa shape index (κ1) is 11.7. The van der Waals surface area contributed by atoms with Gasteiger partial charge in [0.1, 0.15) is 5.00 Å². The van der Waals surface area contributed by atoms with Crippen molar-refractivity contribution in [2.75, 3.05) is 5.73 Å². The lowest BCUT2D eigenvalue weighted by Crippen LogP contribution is -1.97. The molecule has 1 heterocycles. The van der Waals surface area contributed by atoms with Gasteiger partial charge >= 0.3 is 5.97 Å². The van der Waals surface area contributed by atoms with E-state index in [2.05, 4.69) is 12.1 Å². The molecule has 2 rings (SSSR count). The Morgan fingerprint density at radius 1 is 1.24 bits per heavy atom. The number of hydrogen-bond donors (Lipinski definition) is 2. The van der Waals surface area contributed by atoms with Gasteiger partial charge in [-0.1, -0.05) is 30.3 Å². The van der Waals surface area contributed by atoms with E-state index in [0.717, 1.165) is 17.7 Å². The first-order chi connectivity index (χ1) is 8.16. The lowest BCUT2D eigenvalue weighted by Gasteiger charge is -1.98. The minimum Gasteiger partial charge on any atom is -0.478 e. The highest BCUT2D eigenvalue weighted by molar-refractivity contribution is 7.16. The van der Waals surface area contributed by atoms with Crippen molar-refractivity contribution in [1.29, 1.82) is 0 Å². The lowest BCUT2D eigenvalue weighted by atomic mass is 10.1. The van der Waals surface area contributed by atoms with Gasteiger partial charge < -0.3 is 10.8 Å². The predicted octanol–water partition coefficient (Wildman–Crippen LogP) is 2.81. The molecule has 0 aliphatic carbocycles. The van der Waals surface area contributed by atoms with Crippen molar-refractivity contribution >= 4 is 22.3 Å². The number of nitrogen functional groups attached to an aromatic ring is 1. The number of carboxylic acids is 1. The predicted molar refractivity (Wildman–Crippen MR) is 69.5 cm³/mol. The van der Waals surface area contributed by atoms with E-state index in [0.29, 0.717) is 5.00 Å². The van der Waals surface area contributed by atoms with Crippen LogP contribution in [0.4, 0.5) is 5.00 Å². The Bertz CT molecular complexity index is 519. The van der Waals surface area contributed by atoms with Crippen LogP contribution in [0.2, 0.25) is 0 Å². The molecule has 0 saturated heterocycles. The Balaban J connectivity index is 2.05. The summed E-state index contributed by atoms with van der Waals surface area (Å²) >= 11 is 1.36. The first-order valence-electron chi connectivity index (χ1n) is 5.32. The van der Waals surface area contributed by atoms with Gasteiger partial charge in [-0.25, -0.2) is 4.79 Å². The van der Waals surface area contributed by atoms with Crippen LogP contribution in [-0.2, 0) is 12.8 Å². The van der Waals surface area contributed by atoms with Crippen molar-refractivity contribution in [2.24, 2.45) is 0 Å². The molecule has 3 N–H and O–H groups in total. The van der Waals surface area contributed by atoms with Crippen LogP contribution in [0.5, 0.6) is 0 Å². The van der Waals surface area contributed by atoms with E-state index in [-0.39, 0.29) is 5.56 Å². The van der Waals surface area contributed by atoms with Gasteiger partial charge in [-0.15, -0.1) is 11.3 Å². The van der Waals surface area contributed by atoms with Crippen LogP contribution in [0, 0.1) is 0 Å². The number of rotatable bonds is 4. The van der Waals surface area contributed by atoms with Crippen LogP contribution in [0.25, 0.3) is 0 Å². The smallest absolute Gasteiger partial charge is 0.338 e. The number of nitrogens with two attached hydrogens (primary N) is 1. The standard InChI is InChI=1S/C13H13NO2S/c14-12-11(13(15)16)8-10(17-12)7-6-9-4-2-1-3-5-9/h1-5,8H,6-7,14H2,(H,15,16). The van der Waals surface area contributed by atoms with Crippen LogP contribution in [0.1, 0.15) is 20.8 Å². The van der Waals surface area contributed by atoms with Crippen LogP contribution in [-0.4, -0.2) is 11.1 Å². The molecule has 0 fully saturated rings. The Morgan fingerprint density at radius 3 is 2.53 bits per heavy atom. The van der Waals surface area contributed by atoms with Crippen molar-refractivity contribution in [2.45, 2.75) is 12.8 Å². The molecule has 1 aromatic heterocycles. The fourth-order valence-corrected chi connectivity index (χ4v) is 2.58. The third-order valence-corrected chi connectivity index (χ3v) is 3.57. The number of carboxylic acid groups (broad SMARTS) is 1. The Kier molecular flexibility index (Phi) is 3.44. The molecule has 4 heteroatoms. The number of hydrogen-bond acceptors (Lipinski definition) is 3. The quantitative estimate of drug-likeness (QED) is 0.873. The lowest BCUT2D eigenvalue weighted by molar-refractivity contribution is 0.0698. The SMILES string of the molecule is Nc1sc(CCc2ccccc2)cc1C(=O)O. The summed E-state index contributed by atoms with van der Waals surface area (Å²) in [4.78, 5) is 11.9. The number of benzene rings is 1. The van der Waals surface area contributed by atoms with E-state index >= 15 is 0 Å². The summed E-state index contributed by atoms with van der Waals surface area (Å²) in [5.41, 5.74) is 7.12. The van der Waals surface area contributed by atoms with Gasteiger partial charge in [0.2, 0.25) is 0 Å². The number of anilines is 1. The zero-order valence-corrected chi connectivity index (χ0v) is 10.0. The molecule has 0 aliphatic rings. The zero-order valence-electron chi connectivity index (χ0n) is 9.22. The number of aryl methyl sites for hydroxylation is 2. The normalized spacial score (nSPS) is 10.4. The maximum Gasteiger partial charge on any atom is 0.338 e. The topological polar surface area (TPSA) is 63.3 Å². The van der Waals surface area contributed by atoms with Crippen molar-refractivity contribution in [3.8, 4) is 0 Å². The van der Waals surface area contributed by atoms with Gasteiger partial charge in [0.25, 0.3) is 0 Å². The van der Waals surface area contributed by atoms with E-state index in [1.54, 1.807) is 6.07 Å². The van der Waals surface area contributed by atoms with Crippen LogP contribution in [0.3, 0.4) is 0 Å². The molecule has 0 amide bonds. The molecule has 0 aliphatic heterocycles. The second kappa shape index (κ2) is 5.01. The summed E-state index contributed by atoms with van der Waals surface area (Å²) in [6, 6.07) is 11.8. The Morgan fingerprint density at radius 2 is 1.94 bits per heavy atom. The number of aromatic carboxylic acids is 1. The van der Waals surface area contributed by atoms with E-state index in [4.69, 9.17) is 10.8 Å². The molecule has 0 atom stereocenters. The van der Waals surface area contributed by atoms with Crippen molar-refractivity contribution in [1.82, 2.24) is 0 Å². The van der Waals surface area contributed by atoms with Gasteiger partial charge in [0, 0.05) is 4.88 Å². The first-order valence-corrected chi connectivity index (χ1v) is 6.14. The van der Waals surface area contributed by atoms with Crippen molar-refractivity contribution in [3.05, 3.63) is 52.4 Å². The zero-order chi connectivity index (χ0) is 12.3. The molecule has 0 unspecified atom stereocenters. The molecular formula is C13H13NO2S. The molecule has 17 heavy (non-hydrogen) atoms. The van der Waals surface area contributed by atoms with Gasteiger partial charge in [0.05, 0.1) is 5.56 Å². The highest BCUT2D eigenvalue weighted by atomic mass is 32.1. The second-order valence-electron chi connectivity index (χ2n) is 3.78. The minimum atomic E-state index is -0.954. The number of carbonyl (C=O) groups is 1. The van der Waals surface area contributed by atoms with E-state index in [9.17, 15) is 4.79 Å². The van der Waals surface area contributed by atoms with Gasteiger partial charge in [-0.3, -0.25) is 0 Å². The molecule has 0 spiro atoms. The summed E-state index contributed by atoms with van der Waals surface area (Å²) in [5.74, 6) is -0.954. The second-order valence-corrected chi connectivity index (χ2v) is 4.95. The monoisotopic (exact) mass is 247 g/mol. The van der Waals surface area contributed by atoms with Gasteiger partial charge in [0.15, 0.2) is 0 Å². The Hall–Kier alpha value is -1.81. The van der Waals surface area contributed by atoms with E-state index in [1.807, 2.05) is 18.2 Å². The maximum absolute atomic E-state index is 10.8. The molecule has 0 saturated carbocycles. The minimum absolute atomic E-state index is 0.220. The van der Waals surface area contributed by atoms with E-state index < -0.39 is 5.97 Å².